The third kappa shape index (κ3) is 3.98. The first-order valence-electron chi connectivity index (χ1n) is 9.53. The maximum absolute atomic E-state index is 13.0. The second-order valence-corrected chi connectivity index (χ2v) is 8.58. The zero-order chi connectivity index (χ0) is 18.8. The molecule has 1 aromatic carbocycles. The molecule has 2 aliphatic rings. The summed E-state index contributed by atoms with van der Waals surface area (Å²) in [5.74, 6) is 0.905. The summed E-state index contributed by atoms with van der Waals surface area (Å²) < 4.78 is 0. The van der Waals surface area contributed by atoms with Crippen LogP contribution in [-0.2, 0) is 4.79 Å². The lowest BCUT2D eigenvalue weighted by Gasteiger charge is -2.23. The number of thiophene rings is 1. The highest BCUT2D eigenvalue weighted by molar-refractivity contribution is 7.10. The van der Waals surface area contributed by atoms with Gasteiger partial charge in [-0.15, -0.1) is 11.3 Å². The van der Waals surface area contributed by atoms with E-state index in [1.807, 2.05) is 42.6 Å². The van der Waals surface area contributed by atoms with E-state index in [9.17, 15) is 9.59 Å². The predicted octanol–water partition coefficient (Wildman–Crippen LogP) is 4.13. The smallest absolute Gasteiger partial charge is 0.268 e. The van der Waals surface area contributed by atoms with Gasteiger partial charge in [-0.1, -0.05) is 30.7 Å². The summed E-state index contributed by atoms with van der Waals surface area (Å²) in [5, 5.41) is 7.98. The summed E-state index contributed by atoms with van der Waals surface area (Å²) >= 11 is 1.54. The van der Waals surface area contributed by atoms with E-state index in [-0.39, 0.29) is 17.9 Å². The molecule has 2 bridgehead atoms. The normalized spacial score (nSPS) is 24.0. The zero-order valence-electron chi connectivity index (χ0n) is 15.4. The molecule has 0 spiro atoms. The first-order chi connectivity index (χ1) is 13.1. The van der Waals surface area contributed by atoms with E-state index in [0.29, 0.717) is 17.2 Å². The number of carbonyl (C=O) groups is 2. The van der Waals surface area contributed by atoms with Gasteiger partial charge in [-0.05, 0) is 67.2 Å². The molecule has 0 saturated heterocycles. The van der Waals surface area contributed by atoms with Crippen molar-refractivity contribution >= 4 is 29.2 Å². The van der Waals surface area contributed by atoms with E-state index in [1.54, 1.807) is 23.5 Å². The Bertz CT molecular complexity index is 872. The topological polar surface area (TPSA) is 58.2 Å². The van der Waals surface area contributed by atoms with Crippen LogP contribution in [0.3, 0.4) is 0 Å². The van der Waals surface area contributed by atoms with Crippen molar-refractivity contribution in [2.45, 2.75) is 38.6 Å². The Balaban J connectivity index is 1.53. The number of hydrogen-bond donors (Lipinski definition) is 2. The molecule has 3 atom stereocenters. The molecular formula is C22H24N2O2S. The summed E-state index contributed by atoms with van der Waals surface area (Å²) in [5.41, 5.74) is 1.79. The van der Waals surface area contributed by atoms with E-state index in [0.717, 1.165) is 22.8 Å². The predicted molar refractivity (Wildman–Crippen MR) is 108 cm³/mol. The van der Waals surface area contributed by atoms with Crippen LogP contribution in [0.25, 0.3) is 6.08 Å². The maximum Gasteiger partial charge on any atom is 0.268 e. The van der Waals surface area contributed by atoms with E-state index in [2.05, 4.69) is 10.6 Å². The van der Waals surface area contributed by atoms with Crippen molar-refractivity contribution < 1.29 is 9.59 Å². The van der Waals surface area contributed by atoms with Crippen molar-refractivity contribution in [3.8, 4) is 0 Å². The lowest BCUT2D eigenvalue weighted by Crippen LogP contribution is -2.42. The Kier molecular flexibility index (Phi) is 5.12. The summed E-state index contributed by atoms with van der Waals surface area (Å²) in [6.07, 6.45) is 6.55. The van der Waals surface area contributed by atoms with Gasteiger partial charge in [0, 0.05) is 16.5 Å². The monoisotopic (exact) mass is 380 g/mol. The van der Waals surface area contributed by atoms with Gasteiger partial charge in [0.05, 0.1) is 0 Å². The Labute approximate surface area is 163 Å². The van der Waals surface area contributed by atoms with Crippen LogP contribution in [0.1, 0.15) is 46.5 Å². The van der Waals surface area contributed by atoms with Gasteiger partial charge < -0.3 is 10.6 Å². The average molecular weight is 381 g/mol. The number of hydrogen-bond acceptors (Lipinski definition) is 3. The van der Waals surface area contributed by atoms with Crippen LogP contribution in [0.4, 0.5) is 0 Å². The molecule has 1 aromatic heterocycles. The van der Waals surface area contributed by atoms with Gasteiger partial charge in [0.1, 0.15) is 5.70 Å². The highest BCUT2D eigenvalue weighted by Crippen LogP contribution is 2.44. The number of carbonyl (C=O) groups excluding carboxylic acids is 2. The van der Waals surface area contributed by atoms with Crippen LogP contribution >= 0.6 is 11.3 Å². The lowest BCUT2D eigenvalue weighted by atomic mass is 9.95. The first kappa shape index (κ1) is 18.0. The molecule has 27 heavy (non-hydrogen) atoms. The Morgan fingerprint density at radius 1 is 1.11 bits per heavy atom. The van der Waals surface area contributed by atoms with Gasteiger partial charge in [0.2, 0.25) is 0 Å². The summed E-state index contributed by atoms with van der Waals surface area (Å²) in [6.45, 7) is 1.90. The fourth-order valence-electron chi connectivity index (χ4n) is 4.36. The third-order valence-corrected chi connectivity index (χ3v) is 6.59. The van der Waals surface area contributed by atoms with Crippen LogP contribution in [0, 0.1) is 18.8 Å². The van der Waals surface area contributed by atoms with Gasteiger partial charge in [0.25, 0.3) is 11.8 Å². The molecule has 4 nitrogen and oxygen atoms in total. The molecule has 4 rings (SSSR count). The van der Waals surface area contributed by atoms with Gasteiger partial charge in [-0.3, -0.25) is 9.59 Å². The molecule has 2 N–H and O–H groups in total. The minimum atomic E-state index is -0.251. The van der Waals surface area contributed by atoms with Gasteiger partial charge in [-0.2, -0.15) is 0 Å². The average Bonchev–Trinajstić information content (AvgIpc) is 3.39. The van der Waals surface area contributed by atoms with Crippen LogP contribution < -0.4 is 10.6 Å². The minimum Gasteiger partial charge on any atom is -0.348 e. The largest absolute Gasteiger partial charge is 0.348 e. The zero-order valence-corrected chi connectivity index (χ0v) is 16.2. The Morgan fingerprint density at radius 2 is 1.96 bits per heavy atom. The summed E-state index contributed by atoms with van der Waals surface area (Å²) in [7, 11) is 0. The lowest BCUT2D eigenvalue weighted by molar-refractivity contribution is -0.118. The van der Waals surface area contributed by atoms with Crippen molar-refractivity contribution in [2.24, 2.45) is 11.8 Å². The summed E-state index contributed by atoms with van der Waals surface area (Å²) in [4.78, 5) is 26.7. The Hall–Kier alpha value is -2.40. The van der Waals surface area contributed by atoms with Crippen molar-refractivity contribution in [3.05, 3.63) is 63.5 Å². The molecule has 2 fully saturated rings. The molecule has 2 amide bonds. The second-order valence-electron chi connectivity index (χ2n) is 7.60. The minimum absolute atomic E-state index is 0.192. The SMILES string of the molecule is Cc1ccccc1C(=O)N/C(=C\c1cccs1)C(=O)NC1CC2CCC1C2. The van der Waals surface area contributed by atoms with Gasteiger partial charge >= 0.3 is 0 Å². The molecule has 0 aliphatic heterocycles. The highest BCUT2D eigenvalue weighted by Gasteiger charge is 2.40. The van der Waals surface area contributed by atoms with E-state index >= 15 is 0 Å². The number of benzene rings is 1. The molecule has 2 saturated carbocycles. The van der Waals surface area contributed by atoms with Gasteiger partial charge in [0.15, 0.2) is 0 Å². The van der Waals surface area contributed by atoms with E-state index < -0.39 is 0 Å². The maximum atomic E-state index is 13.0. The highest BCUT2D eigenvalue weighted by atomic mass is 32.1. The molecule has 2 aliphatic carbocycles. The number of nitrogens with one attached hydrogen (secondary N) is 2. The number of rotatable bonds is 5. The number of aryl methyl sites for hydroxylation is 1. The van der Waals surface area contributed by atoms with E-state index in [1.165, 1.54) is 19.3 Å². The Morgan fingerprint density at radius 3 is 2.63 bits per heavy atom. The molecule has 2 aromatic rings. The molecular weight excluding hydrogens is 356 g/mol. The third-order valence-electron chi connectivity index (χ3n) is 5.77. The fourth-order valence-corrected chi connectivity index (χ4v) is 5.02. The second kappa shape index (κ2) is 7.69. The van der Waals surface area contributed by atoms with Crippen molar-refractivity contribution in [1.82, 2.24) is 10.6 Å². The molecule has 0 radical (unpaired) electrons. The first-order valence-corrected chi connectivity index (χ1v) is 10.4. The van der Waals surface area contributed by atoms with Gasteiger partial charge in [-0.25, -0.2) is 0 Å². The number of amides is 2. The van der Waals surface area contributed by atoms with E-state index in [4.69, 9.17) is 0 Å². The van der Waals surface area contributed by atoms with Crippen LogP contribution in [-0.4, -0.2) is 17.9 Å². The van der Waals surface area contributed by atoms with Crippen LogP contribution in [0.15, 0.2) is 47.5 Å². The summed E-state index contributed by atoms with van der Waals surface area (Å²) in [6, 6.07) is 11.5. The van der Waals surface area contributed by atoms with Crippen LogP contribution in [0.5, 0.6) is 0 Å². The van der Waals surface area contributed by atoms with Crippen molar-refractivity contribution in [2.75, 3.05) is 0 Å². The fraction of sp³-hybridized carbons (Fsp3) is 0.364. The standard InChI is InChI=1S/C22H24N2O2S/c1-14-5-2-3-7-18(14)21(25)24-20(13-17-6-4-10-27-17)22(26)23-19-12-15-8-9-16(19)11-15/h2-7,10,13,15-16,19H,8-9,11-12H2,1H3,(H,23,26)(H,24,25)/b20-13-. The van der Waals surface area contributed by atoms with Crippen molar-refractivity contribution in [1.29, 1.82) is 0 Å². The quantitative estimate of drug-likeness (QED) is 0.766. The van der Waals surface area contributed by atoms with Crippen LogP contribution in [0.2, 0.25) is 0 Å². The molecule has 5 heteroatoms. The molecule has 140 valence electrons. The van der Waals surface area contributed by atoms with Crippen molar-refractivity contribution in [3.63, 3.8) is 0 Å². The number of fused-ring (bicyclic) bond motifs is 2. The molecule has 1 heterocycles. The molecule has 3 unspecified atom stereocenters.